The lowest BCUT2D eigenvalue weighted by Gasteiger charge is -2.09. The predicted octanol–water partition coefficient (Wildman–Crippen LogP) is 2.90. The Hall–Kier alpha value is -3.35. The van der Waals surface area contributed by atoms with Crippen molar-refractivity contribution in [2.45, 2.75) is 20.4 Å². The summed E-state index contributed by atoms with van der Waals surface area (Å²) in [5.74, 6) is -0.322. The second-order valence-electron chi connectivity index (χ2n) is 6.52. The Kier molecular flexibility index (Phi) is 8.02. The fourth-order valence-electron chi connectivity index (χ4n) is 2.15. The molecule has 2 aromatic carbocycles. The predicted molar refractivity (Wildman–Crippen MR) is 104 cm³/mol. The molecule has 0 spiro atoms. The Morgan fingerprint density at radius 2 is 1.64 bits per heavy atom. The molecule has 0 aliphatic rings. The molecule has 0 bridgehead atoms. The zero-order valence-corrected chi connectivity index (χ0v) is 15.9. The highest BCUT2D eigenvalue weighted by atomic mass is 16.5. The van der Waals surface area contributed by atoms with Crippen molar-refractivity contribution in [3.05, 3.63) is 65.7 Å². The van der Waals surface area contributed by atoms with Crippen molar-refractivity contribution in [2.75, 3.05) is 13.2 Å². The standard InChI is InChI=1S/C21H24N2O5/c1-15(2)13-27-18-10-8-17(9-11-18)20(25)28-14-19(24)23-21(26)22-12-16-6-4-3-5-7-16/h3-11,15H,12-14H2,1-2H3,(H2,22,23,24,26). The first-order valence-corrected chi connectivity index (χ1v) is 8.95. The largest absolute Gasteiger partial charge is 0.493 e. The van der Waals surface area contributed by atoms with Crippen molar-refractivity contribution in [3.8, 4) is 5.75 Å². The molecule has 0 aliphatic heterocycles. The van der Waals surface area contributed by atoms with Crippen LogP contribution in [0, 0.1) is 5.92 Å². The topological polar surface area (TPSA) is 93.7 Å². The fraction of sp³-hybridized carbons (Fsp3) is 0.286. The Bertz CT molecular complexity index is 788. The second-order valence-corrected chi connectivity index (χ2v) is 6.52. The lowest BCUT2D eigenvalue weighted by atomic mass is 10.2. The van der Waals surface area contributed by atoms with Crippen LogP contribution >= 0.6 is 0 Å². The SMILES string of the molecule is CC(C)COc1ccc(C(=O)OCC(=O)NC(=O)NCc2ccccc2)cc1. The first-order valence-electron chi connectivity index (χ1n) is 8.95. The van der Waals surface area contributed by atoms with Crippen LogP contribution in [-0.2, 0) is 16.1 Å². The third-order valence-electron chi connectivity index (χ3n) is 3.56. The zero-order valence-electron chi connectivity index (χ0n) is 15.9. The summed E-state index contributed by atoms with van der Waals surface area (Å²) in [4.78, 5) is 35.4. The summed E-state index contributed by atoms with van der Waals surface area (Å²) in [5.41, 5.74) is 1.19. The Morgan fingerprint density at radius 1 is 0.964 bits per heavy atom. The third kappa shape index (κ3) is 7.49. The van der Waals surface area contributed by atoms with E-state index in [9.17, 15) is 14.4 Å². The van der Waals surface area contributed by atoms with E-state index >= 15 is 0 Å². The Balaban J connectivity index is 1.71. The minimum Gasteiger partial charge on any atom is -0.493 e. The lowest BCUT2D eigenvalue weighted by Crippen LogP contribution is -2.41. The molecular weight excluding hydrogens is 360 g/mol. The van der Waals surface area contributed by atoms with E-state index in [1.54, 1.807) is 24.3 Å². The van der Waals surface area contributed by atoms with Gasteiger partial charge >= 0.3 is 12.0 Å². The summed E-state index contributed by atoms with van der Waals surface area (Å²) in [7, 11) is 0. The van der Waals surface area contributed by atoms with Crippen LogP contribution in [0.4, 0.5) is 4.79 Å². The van der Waals surface area contributed by atoms with Crippen LogP contribution in [0.2, 0.25) is 0 Å². The van der Waals surface area contributed by atoms with Crippen molar-refractivity contribution < 1.29 is 23.9 Å². The van der Waals surface area contributed by atoms with Crippen LogP contribution in [0.1, 0.15) is 29.8 Å². The average Bonchev–Trinajstić information content (AvgIpc) is 2.70. The number of urea groups is 1. The van der Waals surface area contributed by atoms with Gasteiger partial charge in [0.2, 0.25) is 0 Å². The van der Waals surface area contributed by atoms with Gasteiger partial charge in [-0.05, 0) is 35.7 Å². The van der Waals surface area contributed by atoms with Crippen LogP contribution in [0.25, 0.3) is 0 Å². The molecule has 148 valence electrons. The zero-order chi connectivity index (χ0) is 20.4. The number of hydrogen-bond donors (Lipinski definition) is 2. The van der Waals surface area contributed by atoms with Crippen LogP contribution in [-0.4, -0.2) is 31.1 Å². The van der Waals surface area contributed by atoms with Crippen LogP contribution in [0.5, 0.6) is 5.75 Å². The van der Waals surface area contributed by atoms with Crippen LogP contribution < -0.4 is 15.4 Å². The highest BCUT2D eigenvalue weighted by Crippen LogP contribution is 2.14. The van der Waals surface area contributed by atoms with Crippen LogP contribution in [0.15, 0.2) is 54.6 Å². The minimum atomic E-state index is -0.712. The number of imide groups is 1. The molecule has 0 unspecified atom stereocenters. The molecule has 28 heavy (non-hydrogen) atoms. The molecule has 7 nitrogen and oxygen atoms in total. The van der Waals surface area contributed by atoms with E-state index in [-0.39, 0.29) is 6.54 Å². The van der Waals surface area contributed by atoms with E-state index in [4.69, 9.17) is 9.47 Å². The molecule has 2 N–H and O–H groups in total. The van der Waals surface area contributed by atoms with Crippen molar-refractivity contribution in [1.29, 1.82) is 0 Å². The molecule has 0 atom stereocenters. The number of carbonyl (C=O) groups is 3. The van der Waals surface area contributed by atoms with Crippen molar-refractivity contribution in [2.24, 2.45) is 5.92 Å². The van der Waals surface area contributed by atoms with Gasteiger partial charge in [0.1, 0.15) is 5.75 Å². The molecule has 0 fully saturated rings. The van der Waals surface area contributed by atoms with Gasteiger partial charge in [-0.3, -0.25) is 10.1 Å². The second kappa shape index (κ2) is 10.7. The number of amides is 3. The summed E-state index contributed by atoms with van der Waals surface area (Å²) >= 11 is 0. The fourth-order valence-corrected chi connectivity index (χ4v) is 2.15. The van der Waals surface area contributed by atoms with Gasteiger partial charge in [-0.25, -0.2) is 9.59 Å². The molecule has 0 aromatic heterocycles. The molecule has 0 saturated heterocycles. The average molecular weight is 384 g/mol. The van der Waals surface area contributed by atoms with E-state index < -0.39 is 24.5 Å². The maximum absolute atomic E-state index is 12.0. The molecule has 0 heterocycles. The van der Waals surface area contributed by atoms with E-state index in [1.807, 2.05) is 44.2 Å². The minimum absolute atomic E-state index is 0.283. The molecule has 2 rings (SSSR count). The smallest absolute Gasteiger partial charge is 0.338 e. The quantitative estimate of drug-likeness (QED) is 0.683. The number of rotatable bonds is 8. The van der Waals surface area contributed by atoms with Gasteiger partial charge in [0, 0.05) is 6.54 Å². The monoisotopic (exact) mass is 384 g/mol. The lowest BCUT2D eigenvalue weighted by molar-refractivity contribution is -0.123. The van der Waals surface area contributed by atoms with Crippen molar-refractivity contribution in [1.82, 2.24) is 10.6 Å². The Morgan fingerprint density at radius 3 is 2.29 bits per heavy atom. The maximum atomic E-state index is 12.0. The number of carbonyl (C=O) groups excluding carboxylic acids is 3. The van der Waals surface area contributed by atoms with Gasteiger partial charge in [-0.1, -0.05) is 44.2 Å². The van der Waals surface area contributed by atoms with E-state index in [2.05, 4.69) is 10.6 Å². The molecular formula is C21H24N2O5. The van der Waals surface area contributed by atoms with Crippen molar-refractivity contribution in [3.63, 3.8) is 0 Å². The molecule has 7 heteroatoms. The molecule has 0 aliphatic carbocycles. The number of esters is 1. The van der Waals surface area contributed by atoms with Gasteiger partial charge in [0.15, 0.2) is 6.61 Å². The number of nitrogens with one attached hydrogen (secondary N) is 2. The number of benzene rings is 2. The van der Waals surface area contributed by atoms with Gasteiger partial charge in [0.25, 0.3) is 5.91 Å². The third-order valence-corrected chi connectivity index (χ3v) is 3.56. The molecule has 3 amide bonds. The first kappa shape index (κ1) is 21.0. The summed E-state index contributed by atoms with van der Waals surface area (Å²) in [6.07, 6.45) is 0. The van der Waals surface area contributed by atoms with E-state index in [0.717, 1.165) is 5.56 Å². The highest BCUT2D eigenvalue weighted by molar-refractivity contribution is 5.97. The normalized spacial score (nSPS) is 10.2. The van der Waals surface area contributed by atoms with Gasteiger partial charge in [-0.2, -0.15) is 0 Å². The number of hydrogen-bond acceptors (Lipinski definition) is 5. The summed E-state index contributed by atoms with van der Waals surface area (Å²) < 4.78 is 10.5. The summed E-state index contributed by atoms with van der Waals surface area (Å²) in [6, 6.07) is 15.1. The molecule has 2 aromatic rings. The maximum Gasteiger partial charge on any atom is 0.338 e. The highest BCUT2D eigenvalue weighted by Gasteiger charge is 2.12. The Labute approximate surface area is 164 Å². The van der Waals surface area contributed by atoms with Crippen LogP contribution in [0.3, 0.4) is 0 Å². The van der Waals surface area contributed by atoms with Gasteiger partial charge in [-0.15, -0.1) is 0 Å². The molecule has 0 saturated carbocycles. The van der Waals surface area contributed by atoms with Gasteiger partial charge < -0.3 is 14.8 Å². The summed E-state index contributed by atoms with van der Waals surface area (Å²) in [6.45, 7) is 4.39. The molecule has 0 radical (unpaired) electrons. The first-order chi connectivity index (χ1) is 13.4. The summed E-state index contributed by atoms with van der Waals surface area (Å²) in [5, 5.41) is 4.66. The van der Waals surface area contributed by atoms with E-state index in [0.29, 0.717) is 23.8 Å². The van der Waals surface area contributed by atoms with Crippen molar-refractivity contribution >= 4 is 17.9 Å². The van der Waals surface area contributed by atoms with Gasteiger partial charge in [0.05, 0.1) is 12.2 Å². The van der Waals surface area contributed by atoms with E-state index in [1.165, 1.54) is 0 Å². The number of ether oxygens (including phenoxy) is 2.